The number of rotatable bonds is 3. The van der Waals surface area contributed by atoms with Gasteiger partial charge in [-0.15, -0.1) is 0 Å². The van der Waals surface area contributed by atoms with E-state index in [1.54, 1.807) is 12.1 Å². The van der Waals surface area contributed by atoms with Gasteiger partial charge in [0.1, 0.15) is 5.82 Å². The molecule has 1 aliphatic heterocycles. The summed E-state index contributed by atoms with van der Waals surface area (Å²) >= 11 is 0. The minimum atomic E-state index is -0.294. The highest BCUT2D eigenvalue weighted by molar-refractivity contribution is 5.81. The molecule has 1 fully saturated rings. The molecule has 0 aromatic heterocycles. The molecule has 1 N–H and O–H groups in total. The lowest BCUT2D eigenvalue weighted by Gasteiger charge is -2.21. The van der Waals surface area contributed by atoms with Crippen molar-refractivity contribution in [2.24, 2.45) is 0 Å². The molecule has 3 nitrogen and oxygen atoms in total. The highest BCUT2D eigenvalue weighted by atomic mass is 19.1. The lowest BCUT2D eigenvalue weighted by molar-refractivity contribution is -0.129. The molecule has 92 valence electrons. The average Bonchev–Trinajstić information content (AvgIpc) is 2.72. The van der Waals surface area contributed by atoms with Crippen LogP contribution in [0.3, 0.4) is 0 Å². The minimum absolute atomic E-state index is 0.0826. The number of likely N-dealkylation sites (tertiary alicyclic amines) is 1. The molecule has 1 amide bonds. The Morgan fingerprint density at radius 3 is 3.06 bits per heavy atom. The summed E-state index contributed by atoms with van der Waals surface area (Å²) in [5, 5.41) is 2.95. The van der Waals surface area contributed by atoms with Crippen LogP contribution in [-0.4, -0.2) is 29.9 Å². The van der Waals surface area contributed by atoms with E-state index in [0.717, 1.165) is 19.4 Å². The Balaban J connectivity index is 1.88. The van der Waals surface area contributed by atoms with E-state index in [1.165, 1.54) is 12.1 Å². The van der Waals surface area contributed by atoms with Gasteiger partial charge in [-0.2, -0.15) is 0 Å². The minimum Gasteiger partial charge on any atom is -0.376 e. The maximum atomic E-state index is 12.9. The molecule has 1 saturated heterocycles. The van der Waals surface area contributed by atoms with E-state index in [0.29, 0.717) is 11.7 Å². The maximum absolute atomic E-state index is 12.9. The van der Waals surface area contributed by atoms with Crippen molar-refractivity contribution in [1.29, 1.82) is 0 Å². The zero-order valence-corrected chi connectivity index (χ0v) is 9.95. The summed E-state index contributed by atoms with van der Waals surface area (Å²) in [6.45, 7) is 3.13. The van der Waals surface area contributed by atoms with Crippen LogP contribution in [0.15, 0.2) is 24.3 Å². The highest BCUT2D eigenvalue weighted by Crippen LogP contribution is 2.16. The standard InChI is InChI=1S/C13H17FN2O/c1-10-4-3-7-16(10)13(17)9-15-12-6-2-5-11(14)8-12/h2,5-6,8,10,15H,3-4,7,9H2,1H3/t10-/m1/s1. The monoisotopic (exact) mass is 236 g/mol. The van der Waals surface area contributed by atoms with Crippen LogP contribution in [-0.2, 0) is 4.79 Å². The van der Waals surface area contributed by atoms with Gasteiger partial charge in [0, 0.05) is 18.3 Å². The van der Waals surface area contributed by atoms with Crippen LogP contribution >= 0.6 is 0 Å². The second kappa shape index (κ2) is 5.17. The number of hydrogen-bond acceptors (Lipinski definition) is 2. The van der Waals surface area contributed by atoms with Crippen molar-refractivity contribution in [3.05, 3.63) is 30.1 Å². The average molecular weight is 236 g/mol. The third kappa shape index (κ3) is 2.96. The fraction of sp³-hybridized carbons (Fsp3) is 0.462. The predicted molar refractivity (Wildman–Crippen MR) is 65.3 cm³/mol. The number of amides is 1. The van der Waals surface area contributed by atoms with Gasteiger partial charge >= 0.3 is 0 Å². The third-order valence-electron chi connectivity index (χ3n) is 3.14. The molecule has 1 heterocycles. The molecule has 0 aliphatic carbocycles. The van der Waals surface area contributed by atoms with Crippen molar-refractivity contribution >= 4 is 11.6 Å². The largest absolute Gasteiger partial charge is 0.376 e. The first-order valence-corrected chi connectivity index (χ1v) is 5.96. The van der Waals surface area contributed by atoms with Crippen molar-refractivity contribution in [2.45, 2.75) is 25.8 Å². The molecule has 1 atom stereocenters. The second-order valence-corrected chi connectivity index (χ2v) is 4.44. The van der Waals surface area contributed by atoms with Gasteiger partial charge in [-0.25, -0.2) is 4.39 Å². The zero-order valence-electron chi connectivity index (χ0n) is 9.95. The first-order chi connectivity index (χ1) is 8.16. The molecule has 0 bridgehead atoms. The molecule has 1 aromatic carbocycles. The highest BCUT2D eigenvalue weighted by Gasteiger charge is 2.24. The van der Waals surface area contributed by atoms with Gasteiger partial charge < -0.3 is 10.2 Å². The Labute approximate surface area is 101 Å². The SMILES string of the molecule is C[C@@H]1CCCN1C(=O)CNc1cccc(F)c1. The van der Waals surface area contributed by atoms with Gasteiger partial charge in [0.15, 0.2) is 0 Å². The van der Waals surface area contributed by atoms with Crippen molar-refractivity contribution in [1.82, 2.24) is 4.90 Å². The first-order valence-electron chi connectivity index (χ1n) is 5.96. The van der Waals surface area contributed by atoms with Crippen LogP contribution < -0.4 is 5.32 Å². The molecule has 0 unspecified atom stereocenters. The zero-order chi connectivity index (χ0) is 12.3. The molecular formula is C13H17FN2O. The Morgan fingerprint density at radius 1 is 1.59 bits per heavy atom. The lowest BCUT2D eigenvalue weighted by atomic mass is 10.2. The quantitative estimate of drug-likeness (QED) is 0.873. The van der Waals surface area contributed by atoms with E-state index in [2.05, 4.69) is 12.2 Å². The number of carbonyl (C=O) groups is 1. The molecule has 0 radical (unpaired) electrons. The maximum Gasteiger partial charge on any atom is 0.242 e. The normalized spacial score (nSPS) is 19.4. The summed E-state index contributed by atoms with van der Waals surface area (Å²) in [6.07, 6.45) is 2.15. The molecule has 0 spiro atoms. The van der Waals surface area contributed by atoms with E-state index in [9.17, 15) is 9.18 Å². The van der Waals surface area contributed by atoms with Gasteiger partial charge in [0.05, 0.1) is 6.54 Å². The van der Waals surface area contributed by atoms with E-state index in [-0.39, 0.29) is 18.3 Å². The van der Waals surface area contributed by atoms with Crippen molar-refractivity contribution < 1.29 is 9.18 Å². The smallest absolute Gasteiger partial charge is 0.242 e. The number of nitrogens with one attached hydrogen (secondary N) is 1. The van der Waals surface area contributed by atoms with E-state index < -0.39 is 0 Å². The van der Waals surface area contributed by atoms with E-state index in [4.69, 9.17) is 0 Å². The molecule has 0 saturated carbocycles. The van der Waals surface area contributed by atoms with Crippen LogP contribution in [0.2, 0.25) is 0 Å². The van der Waals surface area contributed by atoms with Crippen molar-refractivity contribution in [3.8, 4) is 0 Å². The van der Waals surface area contributed by atoms with E-state index >= 15 is 0 Å². The summed E-state index contributed by atoms with van der Waals surface area (Å²) in [4.78, 5) is 13.8. The molecule has 1 aromatic rings. The fourth-order valence-corrected chi connectivity index (χ4v) is 2.18. The first kappa shape index (κ1) is 11.9. The molecule has 1 aliphatic rings. The predicted octanol–water partition coefficient (Wildman–Crippen LogP) is 2.25. The topological polar surface area (TPSA) is 32.3 Å². The van der Waals surface area contributed by atoms with Crippen LogP contribution in [0.4, 0.5) is 10.1 Å². The number of nitrogens with zero attached hydrogens (tertiary/aromatic N) is 1. The van der Waals surface area contributed by atoms with Gasteiger partial charge in [-0.1, -0.05) is 6.07 Å². The summed E-state index contributed by atoms with van der Waals surface area (Å²) in [5.41, 5.74) is 0.644. The lowest BCUT2D eigenvalue weighted by Crippen LogP contribution is -2.37. The van der Waals surface area contributed by atoms with Crippen molar-refractivity contribution in [3.63, 3.8) is 0 Å². The van der Waals surface area contributed by atoms with Gasteiger partial charge in [-0.05, 0) is 38.0 Å². The van der Waals surface area contributed by atoms with Crippen LogP contribution in [0.1, 0.15) is 19.8 Å². The van der Waals surface area contributed by atoms with Gasteiger partial charge in [0.2, 0.25) is 5.91 Å². The van der Waals surface area contributed by atoms with Crippen molar-refractivity contribution in [2.75, 3.05) is 18.4 Å². The molecule has 2 rings (SSSR count). The fourth-order valence-electron chi connectivity index (χ4n) is 2.18. The van der Waals surface area contributed by atoms with Crippen LogP contribution in [0, 0.1) is 5.82 Å². The van der Waals surface area contributed by atoms with Gasteiger partial charge in [0.25, 0.3) is 0 Å². The van der Waals surface area contributed by atoms with Gasteiger partial charge in [-0.3, -0.25) is 4.79 Å². The summed E-state index contributed by atoms with van der Waals surface area (Å²) < 4.78 is 12.9. The number of carbonyl (C=O) groups excluding carboxylic acids is 1. The third-order valence-corrected chi connectivity index (χ3v) is 3.14. The molecule has 4 heteroatoms. The number of halogens is 1. The Hall–Kier alpha value is -1.58. The molecular weight excluding hydrogens is 219 g/mol. The number of benzene rings is 1. The Bertz CT molecular complexity index is 408. The van der Waals surface area contributed by atoms with E-state index in [1.807, 2.05) is 4.90 Å². The number of anilines is 1. The summed E-state index contributed by atoms with van der Waals surface area (Å²) in [5.74, 6) is -0.212. The Kier molecular flexibility index (Phi) is 3.61. The summed E-state index contributed by atoms with van der Waals surface area (Å²) in [6, 6.07) is 6.48. The summed E-state index contributed by atoms with van der Waals surface area (Å²) in [7, 11) is 0. The number of hydrogen-bond donors (Lipinski definition) is 1. The second-order valence-electron chi connectivity index (χ2n) is 4.44. The Morgan fingerprint density at radius 2 is 2.41 bits per heavy atom. The van der Waals surface area contributed by atoms with Crippen LogP contribution in [0.5, 0.6) is 0 Å². The van der Waals surface area contributed by atoms with Crippen LogP contribution in [0.25, 0.3) is 0 Å². The molecule has 17 heavy (non-hydrogen) atoms.